The molecular weight excluding hydrogens is 246 g/mol. The highest BCUT2D eigenvalue weighted by Crippen LogP contribution is 2.39. The van der Waals surface area contributed by atoms with E-state index in [1.54, 1.807) is 12.2 Å². The van der Waals surface area contributed by atoms with Crippen molar-refractivity contribution in [2.45, 2.75) is 31.9 Å². The van der Waals surface area contributed by atoms with E-state index in [1.807, 2.05) is 6.92 Å². The van der Waals surface area contributed by atoms with Crippen LogP contribution in [0.25, 0.3) is 0 Å². The van der Waals surface area contributed by atoms with Crippen molar-refractivity contribution in [1.29, 1.82) is 0 Å². The highest BCUT2D eigenvalue weighted by atomic mass is 19.1. The smallest absolute Gasteiger partial charge is 0.146 e. The fourth-order valence-corrected chi connectivity index (χ4v) is 2.44. The molecule has 0 saturated carbocycles. The minimum atomic E-state index is -1.73. The third kappa shape index (κ3) is 2.80. The van der Waals surface area contributed by atoms with Crippen LogP contribution < -0.4 is 0 Å². The Labute approximate surface area is 111 Å². The Balaban J connectivity index is 2.39. The second-order valence-electron chi connectivity index (χ2n) is 5.01. The van der Waals surface area contributed by atoms with Gasteiger partial charge in [0.2, 0.25) is 0 Å². The van der Waals surface area contributed by atoms with Crippen LogP contribution in [0.4, 0.5) is 8.78 Å². The van der Waals surface area contributed by atoms with Gasteiger partial charge in [-0.15, -0.1) is 0 Å². The van der Waals surface area contributed by atoms with Gasteiger partial charge in [0.15, 0.2) is 0 Å². The number of ketones is 1. The number of rotatable bonds is 3. The van der Waals surface area contributed by atoms with Crippen LogP contribution in [0.5, 0.6) is 0 Å². The Kier molecular flexibility index (Phi) is 3.65. The van der Waals surface area contributed by atoms with Crippen LogP contribution in [-0.4, -0.2) is 11.5 Å². The zero-order valence-electron chi connectivity index (χ0n) is 11.0. The van der Waals surface area contributed by atoms with Crippen molar-refractivity contribution < 1.29 is 13.6 Å². The predicted molar refractivity (Wildman–Crippen MR) is 71.2 cm³/mol. The Morgan fingerprint density at radius 3 is 2.42 bits per heavy atom. The quantitative estimate of drug-likeness (QED) is 0.801. The lowest BCUT2D eigenvalue weighted by atomic mass is 9.76. The lowest BCUT2D eigenvalue weighted by molar-refractivity contribution is -0.121. The molecule has 19 heavy (non-hydrogen) atoms. The number of halogens is 2. The average Bonchev–Trinajstić information content (AvgIpc) is 2.36. The normalized spacial score (nSPS) is 23.9. The molecular formula is C16H16F2O. The fourth-order valence-electron chi connectivity index (χ4n) is 2.44. The minimum Gasteiger partial charge on any atom is -0.299 e. The molecule has 0 amide bonds. The summed E-state index contributed by atoms with van der Waals surface area (Å²) in [6.07, 6.45) is 5.07. The summed E-state index contributed by atoms with van der Waals surface area (Å²) in [5.74, 6) is -1.55. The third-order valence-electron chi connectivity index (χ3n) is 3.45. The van der Waals surface area contributed by atoms with Gasteiger partial charge in [0, 0.05) is 6.42 Å². The average molecular weight is 262 g/mol. The van der Waals surface area contributed by atoms with E-state index < -0.39 is 17.4 Å². The first-order valence-electron chi connectivity index (χ1n) is 6.23. The number of hydrogen-bond donors (Lipinski definition) is 0. The van der Waals surface area contributed by atoms with E-state index in [0.717, 1.165) is 5.57 Å². The van der Waals surface area contributed by atoms with Gasteiger partial charge >= 0.3 is 0 Å². The lowest BCUT2D eigenvalue weighted by Crippen LogP contribution is -2.34. The molecule has 2 unspecified atom stereocenters. The monoisotopic (exact) mass is 262 g/mol. The van der Waals surface area contributed by atoms with E-state index >= 15 is 4.39 Å². The number of Topliss-reactive ketones (excluding diaryl/α,β-unsaturated/α-hetero) is 1. The summed E-state index contributed by atoms with van der Waals surface area (Å²) in [5, 5.41) is 0. The number of carbonyl (C=O) groups is 1. The number of alkyl halides is 1. The van der Waals surface area contributed by atoms with Crippen molar-refractivity contribution in [3.8, 4) is 0 Å². The standard InChI is InChI=1S/C16H16F2O/c1-11-7-9-16(18,10-8-11)15(12(2)19)13-3-5-14(17)6-4-13/h3-9,15H,10H2,1-2H3. The van der Waals surface area contributed by atoms with Crippen molar-refractivity contribution in [3.63, 3.8) is 0 Å². The zero-order valence-corrected chi connectivity index (χ0v) is 11.0. The van der Waals surface area contributed by atoms with E-state index in [1.165, 1.54) is 37.3 Å². The Hall–Kier alpha value is -1.77. The maximum atomic E-state index is 15.0. The van der Waals surface area contributed by atoms with Crippen LogP contribution in [0.15, 0.2) is 48.1 Å². The molecule has 100 valence electrons. The molecule has 0 bridgehead atoms. The van der Waals surface area contributed by atoms with E-state index in [-0.39, 0.29) is 12.2 Å². The Bertz CT molecular complexity index is 542. The highest BCUT2D eigenvalue weighted by Gasteiger charge is 2.41. The molecule has 1 aromatic carbocycles. The maximum Gasteiger partial charge on any atom is 0.146 e. The van der Waals surface area contributed by atoms with Gasteiger partial charge in [0.05, 0.1) is 5.92 Å². The van der Waals surface area contributed by atoms with Crippen molar-refractivity contribution >= 4 is 5.78 Å². The minimum absolute atomic E-state index is 0.164. The summed E-state index contributed by atoms with van der Waals surface area (Å²) in [6.45, 7) is 3.26. The van der Waals surface area contributed by atoms with Gasteiger partial charge < -0.3 is 0 Å². The molecule has 0 saturated heterocycles. The fraction of sp³-hybridized carbons (Fsp3) is 0.312. The SMILES string of the molecule is CC(=O)C(c1ccc(F)cc1)C1(F)C=CC(C)=CC1. The van der Waals surface area contributed by atoms with Gasteiger partial charge in [-0.25, -0.2) is 8.78 Å². The third-order valence-corrected chi connectivity index (χ3v) is 3.45. The van der Waals surface area contributed by atoms with Crippen LogP contribution in [0.3, 0.4) is 0 Å². The summed E-state index contributed by atoms with van der Waals surface area (Å²) in [7, 11) is 0. The predicted octanol–water partition coefficient (Wildman–Crippen LogP) is 4.11. The molecule has 0 aromatic heterocycles. The molecule has 1 nitrogen and oxygen atoms in total. The van der Waals surface area contributed by atoms with E-state index in [2.05, 4.69) is 0 Å². The van der Waals surface area contributed by atoms with Crippen LogP contribution in [0, 0.1) is 5.82 Å². The number of allylic oxidation sites excluding steroid dienone is 4. The van der Waals surface area contributed by atoms with E-state index in [0.29, 0.717) is 5.56 Å². The molecule has 3 heteroatoms. The molecule has 0 radical (unpaired) electrons. The van der Waals surface area contributed by atoms with E-state index in [9.17, 15) is 9.18 Å². The Morgan fingerprint density at radius 1 is 1.32 bits per heavy atom. The summed E-state index contributed by atoms with van der Waals surface area (Å²) < 4.78 is 27.9. The molecule has 1 aliphatic rings. The van der Waals surface area contributed by atoms with Crippen LogP contribution >= 0.6 is 0 Å². The molecule has 0 fully saturated rings. The molecule has 0 aliphatic heterocycles. The summed E-state index contributed by atoms with van der Waals surface area (Å²) in [4.78, 5) is 11.8. The van der Waals surface area contributed by atoms with Gasteiger partial charge in [0.25, 0.3) is 0 Å². The zero-order chi connectivity index (χ0) is 14.0. The Morgan fingerprint density at radius 2 is 1.95 bits per heavy atom. The van der Waals surface area contributed by atoms with Crippen LogP contribution in [-0.2, 0) is 4.79 Å². The first-order chi connectivity index (χ1) is 8.92. The van der Waals surface area contributed by atoms with Crippen LogP contribution in [0.2, 0.25) is 0 Å². The van der Waals surface area contributed by atoms with Crippen molar-refractivity contribution in [2.75, 3.05) is 0 Å². The van der Waals surface area contributed by atoms with Crippen molar-refractivity contribution in [3.05, 3.63) is 59.4 Å². The number of hydrogen-bond acceptors (Lipinski definition) is 1. The van der Waals surface area contributed by atoms with Gasteiger partial charge in [-0.1, -0.05) is 29.9 Å². The second-order valence-corrected chi connectivity index (χ2v) is 5.01. The summed E-state index contributed by atoms with van der Waals surface area (Å²) in [6, 6.07) is 5.45. The topological polar surface area (TPSA) is 17.1 Å². The molecule has 0 N–H and O–H groups in total. The molecule has 2 rings (SSSR count). The lowest BCUT2D eigenvalue weighted by Gasteiger charge is -2.31. The van der Waals surface area contributed by atoms with Crippen molar-refractivity contribution in [2.24, 2.45) is 0 Å². The largest absolute Gasteiger partial charge is 0.299 e. The summed E-state index contributed by atoms with van der Waals surface area (Å²) >= 11 is 0. The van der Waals surface area contributed by atoms with Gasteiger partial charge in [-0.3, -0.25) is 4.79 Å². The molecule has 2 atom stereocenters. The molecule has 1 aromatic rings. The highest BCUT2D eigenvalue weighted by molar-refractivity contribution is 5.85. The number of carbonyl (C=O) groups excluding carboxylic acids is 1. The van der Waals surface area contributed by atoms with Gasteiger partial charge in [-0.2, -0.15) is 0 Å². The molecule has 0 heterocycles. The van der Waals surface area contributed by atoms with Crippen molar-refractivity contribution in [1.82, 2.24) is 0 Å². The molecule has 1 aliphatic carbocycles. The summed E-state index contributed by atoms with van der Waals surface area (Å²) in [5.41, 5.74) is -0.243. The van der Waals surface area contributed by atoms with E-state index in [4.69, 9.17) is 0 Å². The maximum absolute atomic E-state index is 15.0. The van der Waals surface area contributed by atoms with Gasteiger partial charge in [0.1, 0.15) is 17.3 Å². The molecule has 0 spiro atoms. The number of benzene rings is 1. The first kappa shape index (κ1) is 13.7. The first-order valence-corrected chi connectivity index (χ1v) is 6.23. The second kappa shape index (κ2) is 5.08. The van der Waals surface area contributed by atoms with Gasteiger partial charge in [-0.05, 0) is 37.6 Å². The van der Waals surface area contributed by atoms with Crippen LogP contribution in [0.1, 0.15) is 31.7 Å².